The average Bonchev–Trinajstić information content (AvgIpc) is 3.55. The van der Waals surface area contributed by atoms with E-state index in [9.17, 15) is 9.59 Å². The fraction of sp³-hybridized carbons (Fsp3) is 0.333. The SMILES string of the molecule is O=C(OC1CC2C3CCC(C3)C2CC1OC(=O)c1cccc2ccccc12)c1cccc2ccccc12. The first-order chi connectivity index (χ1) is 18.2. The standard InChI is InChI=1S/C33H30O4/c34-32(26-13-5-9-20-7-1-3-11-24(20)26)36-30-18-28-22-15-16-23(17-22)29(28)19-31(30)37-33(35)27-14-6-10-21-8-2-4-12-25(21)27/h1-14,22-23,28-31H,15-19H2. The highest BCUT2D eigenvalue weighted by Gasteiger charge is 2.53. The van der Waals surface area contributed by atoms with E-state index in [1.165, 1.54) is 19.3 Å². The lowest BCUT2D eigenvalue weighted by molar-refractivity contribution is -0.0821. The quantitative estimate of drug-likeness (QED) is 0.284. The highest BCUT2D eigenvalue weighted by atomic mass is 16.6. The maximum Gasteiger partial charge on any atom is 0.339 e. The minimum atomic E-state index is -0.439. The molecule has 0 spiro atoms. The van der Waals surface area contributed by atoms with Crippen LogP contribution in [0.3, 0.4) is 0 Å². The number of ether oxygens (including phenoxy) is 2. The molecule has 2 bridgehead atoms. The summed E-state index contributed by atoms with van der Waals surface area (Å²) < 4.78 is 12.4. The van der Waals surface area contributed by atoms with E-state index in [1.807, 2.05) is 84.9 Å². The van der Waals surface area contributed by atoms with Gasteiger partial charge in [0.25, 0.3) is 0 Å². The molecule has 0 amide bonds. The van der Waals surface area contributed by atoms with E-state index in [1.54, 1.807) is 0 Å². The van der Waals surface area contributed by atoms with Crippen LogP contribution in [0.5, 0.6) is 0 Å². The predicted octanol–water partition coefficient (Wildman–Crippen LogP) is 7.20. The van der Waals surface area contributed by atoms with Gasteiger partial charge in [0.05, 0.1) is 11.1 Å². The van der Waals surface area contributed by atoms with Crippen LogP contribution >= 0.6 is 0 Å². The molecule has 0 aromatic heterocycles. The molecule has 3 fully saturated rings. The van der Waals surface area contributed by atoms with Crippen LogP contribution in [0, 0.1) is 23.7 Å². The van der Waals surface area contributed by atoms with Crippen molar-refractivity contribution in [1.82, 2.24) is 0 Å². The molecule has 37 heavy (non-hydrogen) atoms. The molecule has 186 valence electrons. The minimum absolute atomic E-state index is 0.338. The zero-order valence-electron chi connectivity index (χ0n) is 20.7. The summed E-state index contributed by atoms with van der Waals surface area (Å²) >= 11 is 0. The van der Waals surface area contributed by atoms with Crippen molar-refractivity contribution < 1.29 is 19.1 Å². The second-order valence-corrected chi connectivity index (χ2v) is 11.1. The van der Waals surface area contributed by atoms with Gasteiger partial charge in [-0.1, -0.05) is 72.8 Å². The number of hydrogen-bond acceptors (Lipinski definition) is 4. The summed E-state index contributed by atoms with van der Waals surface area (Å²) in [6.07, 6.45) is 4.48. The van der Waals surface area contributed by atoms with Crippen LogP contribution in [-0.4, -0.2) is 24.1 Å². The molecule has 4 aromatic carbocycles. The van der Waals surface area contributed by atoms with Gasteiger partial charge in [0.15, 0.2) is 0 Å². The number of benzene rings is 4. The third-order valence-corrected chi connectivity index (χ3v) is 9.23. The fourth-order valence-corrected chi connectivity index (χ4v) is 7.56. The van der Waals surface area contributed by atoms with E-state index in [0.29, 0.717) is 34.8 Å². The second kappa shape index (κ2) is 9.02. The highest BCUT2D eigenvalue weighted by molar-refractivity contribution is 6.05. The van der Waals surface area contributed by atoms with Gasteiger partial charge in [0.2, 0.25) is 0 Å². The number of carbonyl (C=O) groups is 2. The van der Waals surface area contributed by atoms with Crippen LogP contribution in [0.1, 0.15) is 52.8 Å². The zero-order chi connectivity index (χ0) is 24.9. The Balaban J connectivity index is 1.18. The van der Waals surface area contributed by atoms with Gasteiger partial charge in [-0.05, 0) is 89.5 Å². The van der Waals surface area contributed by atoms with E-state index in [4.69, 9.17) is 9.47 Å². The van der Waals surface area contributed by atoms with Gasteiger partial charge in [0.1, 0.15) is 12.2 Å². The number of hydrogen-bond donors (Lipinski definition) is 0. The summed E-state index contributed by atoms with van der Waals surface area (Å²) in [5.41, 5.74) is 1.12. The number of esters is 2. The van der Waals surface area contributed by atoms with Crippen LogP contribution in [0.15, 0.2) is 84.9 Å². The van der Waals surface area contributed by atoms with E-state index >= 15 is 0 Å². The van der Waals surface area contributed by atoms with Gasteiger partial charge in [-0.3, -0.25) is 0 Å². The number of rotatable bonds is 4. The highest BCUT2D eigenvalue weighted by Crippen LogP contribution is 2.58. The van der Waals surface area contributed by atoms with E-state index in [-0.39, 0.29) is 11.9 Å². The molecule has 6 atom stereocenters. The summed E-state index contributed by atoms with van der Waals surface area (Å²) in [7, 11) is 0. The molecule has 3 aliphatic carbocycles. The molecule has 0 N–H and O–H groups in total. The Morgan fingerprint density at radius 1 is 0.541 bits per heavy atom. The molecule has 0 radical (unpaired) electrons. The van der Waals surface area contributed by atoms with E-state index in [2.05, 4.69) is 0 Å². The van der Waals surface area contributed by atoms with Crippen LogP contribution < -0.4 is 0 Å². The Morgan fingerprint density at radius 2 is 0.973 bits per heavy atom. The largest absolute Gasteiger partial charge is 0.455 e. The molecular weight excluding hydrogens is 460 g/mol. The Morgan fingerprint density at radius 3 is 1.46 bits per heavy atom. The minimum Gasteiger partial charge on any atom is -0.455 e. The van der Waals surface area contributed by atoms with Crippen LogP contribution in [0.4, 0.5) is 0 Å². The molecule has 0 aliphatic heterocycles. The van der Waals surface area contributed by atoms with Crippen molar-refractivity contribution in [1.29, 1.82) is 0 Å². The Bertz CT molecular complexity index is 1380. The molecular formula is C33H30O4. The Labute approximate surface area is 216 Å². The number of fused-ring (bicyclic) bond motifs is 7. The van der Waals surface area contributed by atoms with Gasteiger partial charge in [0, 0.05) is 0 Å². The molecule has 4 nitrogen and oxygen atoms in total. The molecule has 0 heterocycles. The van der Waals surface area contributed by atoms with Crippen molar-refractivity contribution in [3.8, 4) is 0 Å². The lowest BCUT2D eigenvalue weighted by atomic mass is 9.69. The Hall–Kier alpha value is -3.66. The maximum atomic E-state index is 13.5. The van der Waals surface area contributed by atoms with Crippen molar-refractivity contribution in [3.63, 3.8) is 0 Å². The average molecular weight is 491 g/mol. The van der Waals surface area contributed by atoms with Crippen molar-refractivity contribution >= 4 is 33.5 Å². The van der Waals surface area contributed by atoms with Gasteiger partial charge in [-0.25, -0.2) is 9.59 Å². The molecule has 6 unspecified atom stereocenters. The zero-order valence-corrected chi connectivity index (χ0v) is 20.7. The smallest absolute Gasteiger partial charge is 0.339 e. The molecule has 4 aromatic rings. The molecule has 3 aliphatic rings. The third kappa shape index (κ3) is 3.90. The van der Waals surface area contributed by atoms with Crippen molar-refractivity contribution in [2.75, 3.05) is 0 Å². The lowest BCUT2D eigenvalue weighted by Crippen LogP contribution is -2.45. The third-order valence-electron chi connectivity index (χ3n) is 9.23. The van der Waals surface area contributed by atoms with Crippen LogP contribution in [0.2, 0.25) is 0 Å². The molecule has 4 heteroatoms. The summed E-state index contributed by atoms with van der Waals surface area (Å²) in [5.74, 6) is 1.85. The van der Waals surface area contributed by atoms with Gasteiger partial charge in [-0.2, -0.15) is 0 Å². The van der Waals surface area contributed by atoms with Crippen molar-refractivity contribution in [2.24, 2.45) is 23.7 Å². The summed E-state index contributed by atoms with van der Waals surface area (Å²) in [5, 5.41) is 3.78. The van der Waals surface area contributed by atoms with E-state index < -0.39 is 12.2 Å². The van der Waals surface area contributed by atoms with Crippen molar-refractivity contribution in [3.05, 3.63) is 96.1 Å². The number of carbonyl (C=O) groups excluding carboxylic acids is 2. The monoisotopic (exact) mass is 490 g/mol. The maximum absolute atomic E-state index is 13.5. The molecule has 7 rings (SSSR count). The first-order valence-corrected chi connectivity index (χ1v) is 13.5. The summed E-state index contributed by atoms with van der Waals surface area (Å²) in [4.78, 5) is 27.0. The first-order valence-electron chi connectivity index (χ1n) is 13.5. The fourth-order valence-electron chi connectivity index (χ4n) is 7.56. The molecule has 3 saturated carbocycles. The second-order valence-electron chi connectivity index (χ2n) is 11.1. The first kappa shape index (κ1) is 22.5. The summed E-state index contributed by atoms with van der Waals surface area (Å²) in [6.45, 7) is 0. The van der Waals surface area contributed by atoms with Gasteiger partial charge >= 0.3 is 11.9 Å². The Kier molecular flexibility index (Phi) is 5.49. The van der Waals surface area contributed by atoms with Gasteiger partial charge in [-0.15, -0.1) is 0 Å². The summed E-state index contributed by atoms with van der Waals surface area (Å²) in [6, 6.07) is 27.2. The van der Waals surface area contributed by atoms with Crippen molar-refractivity contribution in [2.45, 2.75) is 44.3 Å². The van der Waals surface area contributed by atoms with Crippen LogP contribution in [-0.2, 0) is 9.47 Å². The topological polar surface area (TPSA) is 52.6 Å². The van der Waals surface area contributed by atoms with Gasteiger partial charge < -0.3 is 9.47 Å². The van der Waals surface area contributed by atoms with Crippen LogP contribution in [0.25, 0.3) is 21.5 Å². The predicted molar refractivity (Wildman–Crippen MR) is 143 cm³/mol. The van der Waals surface area contributed by atoms with E-state index in [0.717, 1.165) is 34.4 Å². The lowest BCUT2D eigenvalue weighted by Gasteiger charge is -2.42. The normalized spacial score (nSPS) is 28.2. The molecule has 0 saturated heterocycles.